The van der Waals surface area contributed by atoms with Crippen molar-refractivity contribution in [3.63, 3.8) is 0 Å². The second-order valence-electron chi connectivity index (χ2n) is 8.22. The Kier molecular flexibility index (Phi) is 9.95. The third-order valence-electron chi connectivity index (χ3n) is 5.28. The summed E-state index contributed by atoms with van der Waals surface area (Å²) in [6, 6.07) is 7.13. The number of hydrogen-bond acceptors (Lipinski definition) is 9. The van der Waals surface area contributed by atoms with E-state index < -0.39 is 12.1 Å². The van der Waals surface area contributed by atoms with E-state index in [0.717, 1.165) is 11.3 Å². The zero-order valence-corrected chi connectivity index (χ0v) is 24.0. The number of anilines is 1. The summed E-state index contributed by atoms with van der Waals surface area (Å²) in [6.45, 7) is 7.67. The number of benzene rings is 1. The molecule has 0 saturated heterocycles. The van der Waals surface area contributed by atoms with Gasteiger partial charge in [0.15, 0.2) is 17.1 Å². The number of thioether (sulfide) groups is 1. The molecule has 1 N–H and O–H groups in total. The van der Waals surface area contributed by atoms with E-state index in [4.69, 9.17) is 21.1 Å². The van der Waals surface area contributed by atoms with E-state index in [1.165, 1.54) is 23.8 Å². The molecule has 0 aliphatic rings. The van der Waals surface area contributed by atoms with Gasteiger partial charge in [0.2, 0.25) is 5.91 Å². The lowest BCUT2D eigenvalue weighted by molar-refractivity contribution is -0.113. The van der Waals surface area contributed by atoms with Gasteiger partial charge in [0.25, 0.3) is 5.91 Å². The van der Waals surface area contributed by atoms with Gasteiger partial charge in [-0.2, -0.15) is 0 Å². The van der Waals surface area contributed by atoms with Crippen LogP contribution in [0.2, 0.25) is 5.02 Å². The zero-order valence-electron chi connectivity index (χ0n) is 21.6. The highest BCUT2D eigenvalue weighted by atomic mass is 35.5. The van der Waals surface area contributed by atoms with Crippen LogP contribution in [0.3, 0.4) is 0 Å². The molecule has 2 aromatic heterocycles. The van der Waals surface area contributed by atoms with Crippen LogP contribution in [0.4, 0.5) is 5.00 Å². The molecule has 0 fully saturated rings. The normalized spacial score (nSPS) is 11.5. The Morgan fingerprint density at radius 1 is 1.29 bits per heavy atom. The first-order valence-corrected chi connectivity index (χ1v) is 13.6. The Bertz CT molecular complexity index is 1350. The molecule has 3 rings (SSSR count). The summed E-state index contributed by atoms with van der Waals surface area (Å²) in [5.74, 6) is -0.262. The van der Waals surface area contributed by atoms with Crippen LogP contribution in [0.15, 0.2) is 42.1 Å². The number of ether oxygens (including phenoxy) is 2. The Labute approximate surface area is 234 Å². The molecule has 2 heterocycles. The van der Waals surface area contributed by atoms with Gasteiger partial charge in [0, 0.05) is 20.6 Å². The molecule has 1 aromatic carbocycles. The van der Waals surface area contributed by atoms with Crippen LogP contribution in [0.5, 0.6) is 5.75 Å². The van der Waals surface area contributed by atoms with Gasteiger partial charge in [-0.25, -0.2) is 4.79 Å². The van der Waals surface area contributed by atoms with Crippen LogP contribution >= 0.6 is 34.7 Å². The number of halogens is 1. The van der Waals surface area contributed by atoms with Crippen molar-refractivity contribution >= 4 is 57.5 Å². The van der Waals surface area contributed by atoms with Crippen molar-refractivity contribution in [2.75, 3.05) is 32.3 Å². The number of hydrogen-bond donors (Lipinski definition) is 1. The molecule has 3 aromatic rings. The topological polar surface area (TPSA) is 116 Å². The first kappa shape index (κ1) is 29.2. The largest absolute Gasteiger partial charge is 0.481 e. The Morgan fingerprint density at radius 2 is 2.00 bits per heavy atom. The lowest BCUT2D eigenvalue weighted by atomic mass is 10.1. The molecule has 38 heavy (non-hydrogen) atoms. The molecule has 1 atom stereocenters. The molecule has 0 aliphatic heterocycles. The second kappa shape index (κ2) is 12.9. The number of para-hydroxylation sites is 1. The molecule has 10 nitrogen and oxygen atoms in total. The van der Waals surface area contributed by atoms with E-state index in [-0.39, 0.29) is 28.1 Å². The van der Waals surface area contributed by atoms with Crippen molar-refractivity contribution in [2.24, 2.45) is 0 Å². The number of carbonyl (C=O) groups excluding carboxylic acids is 3. The van der Waals surface area contributed by atoms with Gasteiger partial charge in [-0.3, -0.25) is 14.2 Å². The molecule has 13 heteroatoms. The van der Waals surface area contributed by atoms with Crippen molar-refractivity contribution in [3.8, 4) is 5.75 Å². The Morgan fingerprint density at radius 3 is 2.63 bits per heavy atom. The molecular weight excluding hydrogens is 550 g/mol. The zero-order chi connectivity index (χ0) is 28.0. The summed E-state index contributed by atoms with van der Waals surface area (Å²) >= 11 is 8.41. The molecule has 0 bridgehead atoms. The number of thiophene rings is 1. The standard InChI is InChI=1S/C25H28ClN5O5S2/c1-7-12-31-21(15(3)36-17-11-9-8-10-16(17)26)28-29-25(31)37-13-18(32)27-22-19(24(34)35-6)14(2)20(38-22)23(33)30(4)5/h7-11,15H,1,12-13H2,2-6H3,(H,27,32). The Hall–Kier alpha value is -3.35. The van der Waals surface area contributed by atoms with Gasteiger partial charge < -0.3 is 19.7 Å². The van der Waals surface area contributed by atoms with E-state index in [1.807, 2.05) is 19.1 Å². The van der Waals surface area contributed by atoms with Crippen LogP contribution in [0.1, 0.15) is 44.4 Å². The number of amides is 2. The molecule has 202 valence electrons. The van der Waals surface area contributed by atoms with Crippen LogP contribution in [0.25, 0.3) is 0 Å². The molecule has 0 radical (unpaired) electrons. The molecule has 0 aliphatic carbocycles. The molecule has 1 unspecified atom stereocenters. The van der Waals surface area contributed by atoms with Gasteiger partial charge in [-0.15, -0.1) is 28.1 Å². The summed E-state index contributed by atoms with van der Waals surface area (Å²) in [4.78, 5) is 39.6. The fraction of sp³-hybridized carbons (Fsp3) is 0.320. The van der Waals surface area contributed by atoms with E-state index in [2.05, 4.69) is 22.1 Å². The summed E-state index contributed by atoms with van der Waals surface area (Å²) < 4.78 is 12.7. The predicted octanol–water partition coefficient (Wildman–Crippen LogP) is 4.85. The number of allylic oxidation sites excluding steroid dienone is 1. The number of rotatable bonds is 11. The van der Waals surface area contributed by atoms with Crippen LogP contribution < -0.4 is 10.1 Å². The number of aromatic nitrogens is 3. The number of esters is 1. The van der Waals surface area contributed by atoms with E-state index >= 15 is 0 Å². The van der Waals surface area contributed by atoms with Gasteiger partial charge in [0.05, 0.1) is 28.3 Å². The van der Waals surface area contributed by atoms with Crippen molar-refractivity contribution in [3.05, 3.63) is 63.8 Å². The molecule has 2 amide bonds. The van der Waals surface area contributed by atoms with Gasteiger partial charge in [-0.1, -0.05) is 41.6 Å². The first-order valence-electron chi connectivity index (χ1n) is 11.4. The highest BCUT2D eigenvalue weighted by Gasteiger charge is 2.27. The SMILES string of the molecule is C=CCn1c(SCC(=O)Nc2sc(C(=O)N(C)C)c(C)c2C(=O)OC)nnc1C(C)Oc1ccccc1Cl. The van der Waals surface area contributed by atoms with E-state index in [1.54, 1.807) is 43.8 Å². The van der Waals surface area contributed by atoms with Crippen molar-refractivity contribution in [2.45, 2.75) is 31.7 Å². The minimum absolute atomic E-state index is 0.0243. The summed E-state index contributed by atoms with van der Waals surface area (Å²) in [5, 5.41) is 12.5. The average Bonchev–Trinajstić information content (AvgIpc) is 3.43. The fourth-order valence-corrected chi connectivity index (χ4v) is 5.61. The van der Waals surface area contributed by atoms with E-state index in [9.17, 15) is 14.4 Å². The number of methoxy groups -OCH3 is 1. The lowest BCUT2D eigenvalue weighted by Crippen LogP contribution is -2.21. The summed E-state index contributed by atoms with van der Waals surface area (Å²) in [5.41, 5.74) is 0.607. The van der Waals surface area contributed by atoms with Crippen LogP contribution in [0, 0.1) is 6.92 Å². The van der Waals surface area contributed by atoms with Crippen molar-refractivity contribution in [1.29, 1.82) is 0 Å². The maximum absolute atomic E-state index is 12.9. The van der Waals surface area contributed by atoms with Crippen LogP contribution in [-0.4, -0.2) is 64.4 Å². The Balaban J connectivity index is 1.77. The minimum atomic E-state index is -0.637. The minimum Gasteiger partial charge on any atom is -0.481 e. The van der Waals surface area contributed by atoms with Crippen molar-refractivity contribution < 1.29 is 23.9 Å². The fourth-order valence-electron chi connectivity index (χ4n) is 3.44. The third kappa shape index (κ3) is 6.55. The summed E-state index contributed by atoms with van der Waals surface area (Å²) in [7, 11) is 4.47. The first-order chi connectivity index (χ1) is 18.1. The lowest BCUT2D eigenvalue weighted by Gasteiger charge is -2.16. The number of nitrogens with zero attached hydrogens (tertiary/aromatic N) is 4. The van der Waals surface area contributed by atoms with Gasteiger partial charge >= 0.3 is 5.97 Å². The third-order valence-corrected chi connectivity index (χ3v) is 7.76. The second-order valence-corrected chi connectivity index (χ2v) is 10.6. The maximum atomic E-state index is 12.9. The van der Waals surface area contributed by atoms with Gasteiger partial charge in [0.1, 0.15) is 10.8 Å². The summed E-state index contributed by atoms with van der Waals surface area (Å²) in [6.07, 6.45) is 1.22. The number of carbonyl (C=O) groups is 3. The highest BCUT2D eigenvalue weighted by Crippen LogP contribution is 2.35. The molecule has 0 saturated carbocycles. The smallest absolute Gasteiger partial charge is 0.341 e. The van der Waals surface area contributed by atoms with E-state index in [0.29, 0.717) is 38.7 Å². The quantitative estimate of drug-likeness (QED) is 0.195. The predicted molar refractivity (Wildman–Crippen MR) is 148 cm³/mol. The van der Waals surface area contributed by atoms with Crippen molar-refractivity contribution in [1.82, 2.24) is 19.7 Å². The molecule has 0 spiro atoms. The maximum Gasteiger partial charge on any atom is 0.341 e. The number of nitrogens with one attached hydrogen (secondary N) is 1. The highest BCUT2D eigenvalue weighted by molar-refractivity contribution is 7.99. The van der Waals surface area contributed by atoms with Gasteiger partial charge in [-0.05, 0) is 31.5 Å². The van der Waals surface area contributed by atoms with Crippen LogP contribution in [-0.2, 0) is 16.1 Å². The average molecular weight is 578 g/mol. The monoisotopic (exact) mass is 577 g/mol. The molecular formula is C25H28ClN5O5S2.